The predicted molar refractivity (Wildman–Crippen MR) is 529 cm³/mol. The number of aliphatic carboxylic acids is 1. The van der Waals surface area contributed by atoms with Crippen molar-refractivity contribution in [2.75, 3.05) is 24.6 Å². The number of aliphatic hydroxyl groups is 1. The van der Waals surface area contributed by atoms with Crippen LogP contribution in [0, 0.1) is 34.5 Å². The summed E-state index contributed by atoms with van der Waals surface area (Å²) in [5, 5.41) is 21.3. The number of halogens is 16. The number of aromatic amines is 1. The van der Waals surface area contributed by atoms with Crippen molar-refractivity contribution >= 4 is 158 Å². The lowest BCUT2D eigenvalue weighted by molar-refractivity contribution is -0.275. The van der Waals surface area contributed by atoms with Gasteiger partial charge >= 0.3 is 44.4 Å². The maximum atomic E-state index is 13.9. The van der Waals surface area contributed by atoms with Crippen molar-refractivity contribution in [3.63, 3.8) is 0 Å². The zero-order valence-corrected chi connectivity index (χ0v) is 86.5. The number of Topliss-reactive ketones (excluding diaryl/α,β-unsaturated/α-hetero) is 2. The van der Waals surface area contributed by atoms with E-state index in [2.05, 4.69) is 101 Å². The standard InChI is InChI=1S/C32H38F3N3O7S.C22H34N2O6S.C12H10N3O3P.C10H5ClF3NO.C10H6F3NO2.C10H7F3O3.Cl3OP/c1-6-19-15-31(19,26(39)17-46(42,43)21-10-11-21)37-27(40)24-14-20(16-38(24)29(41)18(2)30(3,4)5)44-28-23-8-7-9-25(45-32(33,34)35)22(23)12-13-36-28;1-6-14-10-22(14,18(26)12-31(29,30)16-7-8-16)23-19(27)17-9-15(25)11-24(17)20(28)13(2)21(3,4)5;13-14-15-19(16,17-11-7-3-1-4-8-11)18-12-9-5-2-6-10-12;11-9-7-2-1-3-8(16-10(12,13)14)6(7)4-5-15-9;11-10(12,13)16-8-3-1-2-7-6(8)4-5-14-9(7)15;11-10(12,13)16-8-4-2-1-3-7(8)5-6-9(14)15;1-5(2,3)4/h6-9,12-13,18-21,24H,1,10-11,14-17H2,2-5H3,(H,37,40);6,13-17,25H,1,7-12H2,2-5H3,(H,23,27);1-10H;1-5H;1-5H,(H,14,15);1-6H,(H,14,15);/b;;;;;6-5+;/t18-,19-,20-,24+,31-;13-,14-,15-,17+,22-;;;;;/m11...../s1. The van der Waals surface area contributed by atoms with Crippen LogP contribution in [0.1, 0.15) is 112 Å². The number of carbonyl (C=O) groups excluding carboxylic acids is 6. The first-order chi connectivity index (χ1) is 69.1. The molecule has 6 aliphatic rings. The summed E-state index contributed by atoms with van der Waals surface area (Å²) in [5.41, 5.74) is 4.58. The van der Waals surface area contributed by atoms with Crippen molar-refractivity contribution in [1.82, 2.24) is 35.4 Å². The predicted octanol–water partition coefficient (Wildman–Crippen LogP) is 21.5. The highest BCUT2D eigenvalue weighted by molar-refractivity contribution is 8.24. The van der Waals surface area contributed by atoms with Crippen molar-refractivity contribution in [2.24, 2.45) is 39.4 Å². The van der Waals surface area contributed by atoms with Gasteiger partial charge in [0.1, 0.15) is 80.4 Å². The summed E-state index contributed by atoms with van der Waals surface area (Å²) in [6.45, 7) is 22.5. The molecule has 33 nitrogen and oxygen atoms in total. The molecule has 0 radical (unpaired) electrons. The third-order valence-corrected chi connectivity index (χ3v) is 29.7. The number of para-hydroxylation sites is 3. The number of carboxylic acids is 1. The molecule has 2 saturated heterocycles. The summed E-state index contributed by atoms with van der Waals surface area (Å²) in [7, 11) is -11.1. The van der Waals surface area contributed by atoms with Crippen LogP contribution in [-0.4, -0.2) is 189 Å². The molecule has 0 spiro atoms. The smallest absolute Gasteiger partial charge is 0.478 e. The summed E-state index contributed by atoms with van der Waals surface area (Å²) >= 11 is 19.6. The molecule has 5 heterocycles. The van der Waals surface area contributed by atoms with Crippen LogP contribution in [0.2, 0.25) is 5.15 Å². The molecule has 10 atom stereocenters. The lowest BCUT2D eigenvalue weighted by Gasteiger charge is -2.33. The molecule has 4 amide bonds. The number of H-pyrrole nitrogens is 1. The second-order valence-corrected chi connectivity index (χ2v) is 49.7. The van der Waals surface area contributed by atoms with Crippen LogP contribution in [0.15, 0.2) is 217 Å². The first kappa shape index (κ1) is 120. The van der Waals surface area contributed by atoms with Crippen LogP contribution in [0.4, 0.5) is 52.7 Å². The van der Waals surface area contributed by atoms with E-state index in [1.54, 1.807) is 86.7 Å². The van der Waals surface area contributed by atoms with Crippen LogP contribution in [-0.2, 0) is 62.4 Å². The van der Waals surface area contributed by atoms with E-state index in [0.29, 0.717) is 49.0 Å². The highest BCUT2D eigenvalue weighted by atomic mass is 36.0. The number of hydrogen-bond donors (Lipinski definition) is 5. The Labute approximate surface area is 864 Å². The number of sulfone groups is 2. The highest BCUT2D eigenvalue weighted by Crippen LogP contribution is 2.61. The Kier molecular flexibility index (Phi) is 39.8. The first-order valence-corrected chi connectivity index (χ1v) is 54.6. The van der Waals surface area contributed by atoms with Gasteiger partial charge in [-0.1, -0.05) is 158 Å². The maximum absolute atomic E-state index is 13.9. The summed E-state index contributed by atoms with van der Waals surface area (Å²) in [4.78, 5) is 121. The Balaban J connectivity index is 0.000000208. The van der Waals surface area contributed by atoms with Crippen LogP contribution in [0.5, 0.6) is 40.4 Å². The summed E-state index contributed by atoms with van der Waals surface area (Å²) < 4.78 is 251. The Hall–Kier alpha value is -12.2. The Morgan fingerprint density at radius 3 is 1.35 bits per heavy atom. The molecule has 0 unspecified atom stereocenters. The van der Waals surface area contributed by atoms with E-state index in [1.807, 2.05) is 41.5 Å². The molecule has 3 aromatic heterocycles. The number of ether oxygens (including phenoxy) is 5. The average Bonchev–Trinajstić information content (AvgIpc) is 1.57. The van der Waals surface area contributed by atoms with Gasteiger partial charge in [0, 0.05) is 110 Å². The van der Waals surface area contributed by atoms with Gasteiger partial charge in [-0.15, -0.1) is 65.8 Å². The number of aliphatic hydroxyl groups excluding tert-OH is 1. The molecule has 5 N–H and O–H groups in total. The number of benzene rings is 6. The molecule has 2 aliphatic heterocycles. The van der Waals surface area contributed by atoms with Crippen LogP contribution >= 0.6 is 58.3 Å². The van der Waals surface area contributed by atoms with E-state index in [0.717, 1.165) is 24.3 Å². The van der Waals surface area contributed by atoms with E-state index < -0.39 is 179 Å². The van der Waals surface area contributed by atoms with Crippen LogP contribution in [0.3, 0.4) is 0 Å². The molecule has 6 fully saturated rings. The lowest BCUT2D eigenvalue weighted by Crippen LogP contribution is -2.55. The minimum absolute atomic E-state index is 0.00158. The monoisotopic (exact) mass is 2250 g/mol. The Morgan fingerprint density at radius 2 is 0.940 bits per heavy atom. The molecular weight excluding hydrogens is 2160 g/mol. The largest absolute Gasteiger partial charge is 0.573 e. The van der Waals surface area contributed by atoms with Crippen molar-refractivity contribution in [2.45, 2.75) is 178 Å². The number of pyridine rings is 3. The minimum Gasteiger partial charge on any atom is -0.478 e. The van der Waals surface area contributed by atoms with Gasteiger partial charge in [0.15, 0.2) is 31.2 Å². The van der Waals surface area contributed by atoms with Crippen molar-refractivity contribution < 1.29 is 155 Å². The molecule has 9 aromatic rings. The maximum Gasteiger partial charge on any atom is 0.573 e. The second kappa shape index (κ2) is 49.3. The van der Waals surface area contributed by atoms with Gasteiger partial charge < -0.3 is 68.4 Å². The molecule has 4 aliphatic carbocycles. The number of azide groups is 1. The Bertz CT molecular complexity index is 6830. The highest BCUT2D eigenvalue weighted by Gasteiger charge is 2.63. The quantitative estimate of drug-likeness (QED) is 0.00425. The van der Waals surface area contributed by atoms with Gasteiger partial charge in [0.25, 0.3) is 5.56 Å². The first-order valence-electron chi connectivity index (χ1n) is 44.9. The number of alkyl halides is 12. The number of aromatic nitrogens is 3. The molecule has 6 aromatic carbocycles. The topological polar surface area (TPSA) is 465 Å². The molecular formula is C96H100Cl4F12N10O23P2S2. The third-order valence-electron chi connectivity index (χ3n) is 23.9. The Morgan fingerprint density at radius 1 is 0.557 bits per heavy atom. The third kappa shape index (κ3) is 35.5. The number of nitrogens with one attached hydrogen (secondary N) is 3. The number of nitrogens with zero attached hydrogens (tertiary/aromatic N) is 7. The van der Waals surface area contributed by atoms with Crippen LogP contribution < -0.4 is 48.9 Å². The normalized spacial score (nSPS) is 20.0. The molecule has 4 saturated carbocycles. The fourth-order valence-corrected chi connectivity index (χ4v) is 19.8. The summed E-state index contributed by atoms with van der Waals surface area (Å²) in [6, 6.07) is 36.4. The molecule has 0 bridgehead atoms. The van der Waals surface area contributed by atoms with E-state index in [1.165, 1.54) is 113 Å². The number of carboxylic acid groups (broad SMARTS) is 1. The number of rotatable bonds is 29. The average molecular weight is 2260 g/mol. The number of fused-ring (bicyclic) bond motifs is 3. The van der Waals surface area contributed by atoms with E-state index in [-0.39, 0.29) is 116 Å². The SMILES string of the molecule is C=C[C@@H]1C[C@]1(NC(=O)[C@@H]1C[C@@H](O)CN1C(=O)[C@@H](C)C(C)(C)C)C(=O)CS(=O)(=O)C1CC1.C=C[C@@H]1C[C@]1(NC(=O)[C@@H]1C[C@@H](Oc2nccc3c(OC(F)(F)F)cccc23)CN1C(=O)[C@@H](C)C(C)(C)C)C(=O)CS(=O)(=O)C1CC1.FC(F)(F)Oc1cccc2c(Cl)nccc12.O=C(O)/C=C/c1ccccc1OC(F)(F)F.O=P(Cl)(Cl)Cl.O=c1[nH]ccc2c(OC(F)(F)F)cccc12.[N-]=[N+]=NP(=O)(Oc1ccccc1)Oc1ccccc1. The number of likely N-dealkylation sites (tertiary alicyclic amines) is 2. The van der Waals surface area contributed by atoms with Gasteiger partial charge in [0.2, 0.25) is 29.5 Å². The summed E-state index contributed by atoms with van der Waals surface area (Å²) in [6.07, 6.45) is -9.38. The van der Waals surface area contributed by atoms with Gasteiger partial charge in [-0.2, -0.15) is 0 Å². The second-order valence-electron chi connectivity index (χ2n) is 36.6. The summed E-state index contributed by atoms with van der Waals surface area (Å²) in [5.74, 6) is -8.00. The molecule has 149 heavy (non-hydrogen) atoms. The lowest BCUT2D eigenvalue weighted by atomic mass is 9.81. The van der Waals surface area contributed by atoms with Crippen molar-refractivity contribution in [1.29, 1.82) is 0 Å². The fourth-order valence-electron chi connectivity index (χ4n) is 15.2. The van der Waals surface area contributed by atoms with Crippen molar-refractivity contribution in [3.05, 3.63) is 239 Å². The zero-order valence-electron chi connectivity index (χ0n) is 80.1. The molecule has 806 valence electrons. The molecule has 15 rings (SSSR count). The van der Waals surface area contributed by atoms with Gasteiger partial charge in [-0.25, -0.2) is 36.2 Å². The van der Waals surface area contributed by atoms with Crippen molar-refractivity contribution in [3.8, 4) is 40.4 Å². The number of ketones is 2. The number of β-amino-alcohol motifs (C(OH)–C–C–N with tert-alkyl or cyclic N) is 1. The van der Waals surface area contributed by atoms with Crippen LogP contribution in [0.25, 0.3) is 48.8 Å². The van der Waals surface area contributed by atoms with E-state index in [9.17, 15) is 122 Å². The van der Waals surface area contributed by atoms with Gasteiger partial charge in [-0.3, -0.25) is 38.1 Å². The fraction of sp³-hybridized carbons (Fsp3) is 0.396. The van der Waals surface area contributed by atoms with E-state index >= 15 is 0 Å². The molecule has 53 heteroatoms. The zero-order chi connectivity index (χ0) is 111. The van der Waals surface area contributed by atoms with Gasteiger partial charge in [0.05, 0.1) is 28.5 Å². The van der Waals surface area contributed by atoms with E-state index in [4.69, 9.17) is 36.0 Å². The van der Waals surface area contributed by atoms with Gasteiger partial charge in [-0.05, 0) is 174 Å². The number of amides is 4. The number of hydrogen-bond acceptors (Lipinski definition) is 24. The number of carbonyl (C=O) groups is 7. The minimum atomic E-state index is -4.91.